The van der Waals surface area contributed by atoms with Crippen molar-refractivity contribution in [2.75, 3.05) is 0 Å². The monoisotopic (exact) mass is 285 g/mol. The Labute approximate surface area is 119 Å². The maximum atomic E-state index is 12.3. The van der Waals surface area contributed by atoms with Gasteiger partial charge in [0.05, 0.1) is 24.0 Å². The molecule has 7 heteroatoms. The van der Waals surface area contributed by atoms with E-state index in [9.17, 15) is 14.4 Å². The van der Waals surface area contributed by atoms with Gasteiger partial charge in [0.1, 0.15) is 0 Å². The normalized spacial score (nSPS) is 32.7. The summed E-state index contributed by atoms with van der Waals surface area (Å²) in [7, 11) is 0. The zero-order valence-electron chi connectivity index (χ0n) is 10.8. The molecule has 1 aromatic heterocycles. The van der Waals surface area contributed by atoms with Crippen molar-refractivity contribution in [2.24, 2.45) is 11.8 Å². The largest absolute Gasteiger partial charge is 0.365 e. The second-order valence-electron chi connectivity index (χ2n) is 5.19. The van der Waals surface area contributed by atoms with Crippen LogP contribution in [-0.2, 0) is 14.3 Å². The van der Waals surface area contributed by atoms with Crippen LogP contribution in [0.1, 0.15) is 10.4 Å². The molecular weight excluding hydrogens is 274 g/mol. The highest BCUT2D eigenvalue weighted by molar-refractivity contribution is 6.09. The third-order valence-electron chi connectivity index (χ3n) is 4.07. The van der Waals surface area contributed by atoms with Gasteiger partial charge in [-0.25, -0.2) is 0 Å². The van der Waals surface area contributed by atoms with Crippen molar-refractivity contribution in [3.05, 3.63) is 42.2 Å². The number of pyridine rings is 1. The number of carbonyl (C=O) groups excluding carboxylic acids is 3. The predicted molar refractivity (Wildman–Crippen MR) is 68.3 cm³/mol. The lowest BCUT2D eigenvalue weighted by Crippen LogP contribution is -2.47. The van der Waals surface area contributed by atoms with Crippen LogP contribution in [0.4, 0.5) is 0 Å². The molecule has 1 N–H and O–H groups in total. The molecule has 3 aliphatic rings. The number of hydrogen-bond acceptors (Lipinski definition) is 5. The van der Waals surface area contributed by atoms with Crippen LogP contribution in [0, 0.1) is 11.8 Å². The van der Waals surface area contributed by atoms with Crippen LogP contribution in [-0.4, -0.2) is 39.9 Å². The second kappa shape index (κ2) is 4.23. The van der Waals surface area contributed by atoms with E-state index < -0.39 is 29.6 Å². The first-order valence-electron chi connectivity index (χ1n) is 6.59. The molecule has 0 radical (unpaired) electrons. The number of hydrazine groups is 1. The summed E-state index contributed by atoms with van der Waals surface area (Å²) in [4.78, 5) is 40.5. The predicted octanol–water partition coefficient (Wildman–Crippen LogP) is -0.335. The summed E-state index contributed by atoms with van der Waals surface area (Å²) in [6.07, 6.45) is 5.81. The Bertz CT molecular complexity index is 642. The number of rotatable bonds is 2. The van der Waals surface area contributed by atoms with Crippen LogP contribution in [0.2, 0.25) is 0 Å². The van der Waals surface area contributed by atoms with E-state index in [2.05, 4.69) is 10.4 Å². The maximum absolute atomic E-state index is 12.3. The van der Waals surface area contributed by atoms with Gasteiger partial charge in [0.15, 0.2) is 0 Å². The first kappa shape index (κ1) is 12.2. The van der Waals surface area contributed by atoms with Crippen LogP contribution in [0.15, 0.2) is 36.7 Å². The molecule has 2 fully saturated rings. The zero-order valence-corrected chi connectivity index (χ0v) is 10.8. The Balaban J connectivity index is 1.56. The van der Waals surface area contributed by atoms with E-state index in [1.54, 1.807) is 12.2 Å². The maximum Gasteiger partial charge on any atom is 0.270 e. The molecule has 3 amide bonds. The van der Waals surface area contributed by atoms with Gasteiger partial charge in [0.25, 0.3) is 17.7 Å². The highest BCUT2D eigenvalue weighted by Gasteiger charge is 2.61. The fourth-order valence-electron chi connectivity index (χ4n) is 3.08. The first-order chi connectivity index (χ1) is 10.2. The summed E-state index contributed by atoms with van der Waals surface area (Å²) in [5, 5.41) is 0.827. The highest BCUT2D eigenvalue weighted by Crippen LogP contribution is 2.44. The van der Waals surface area contributed by atoms with Crippen molar-refractivity contribution in [1.29, 1.82) is 0 Å². The van der Waals surface area contributed by atoms with Crippen molar-refractivity contribution in [3.8, 4) is 0 Å². The number of nitrogens with one attached hydrogen (secondary N) is 1. The minimum atomic E-state index is -0.523. The van der Waals surface area contributed by atoms with E-state index in [4.69, 9.17) is 4.74 Å². The van der Waals surface area contributed by atoms with E-state index in [1.165, 1.54) is 24.5 Å². The summed E-state index contributed by atoms with van der Waals surface area (Å²) < 4.78 is 5.52. The molecule has 106 valence electrons. The number of carbonyl (C=O) groups is 3. The van der Waals surface area contributed by atoms with Crippen LogP contribution < -0.4 is 5.43 Å². The molecule has 21 heavy (non-hydrogen) atoms. The van der Waals surface area contributed by atoms with E-state index in [0.29, 0.717) is 5.56 Å². The quantitative estimate of drug-likeness (QED) is 0.593. The highest BCUT2D eigenvalue weighted by atomic mass is 16.5. The zero-order chi connectivity index (χ0) is 14.6. The van der Waals surface area contributed by atoms with Crippen molar-refractivity contribution in [1.82, 2.24) is 15.4 Å². The molecule has 1 aromatic rings. The Morgan fingerprint density at radius 1 is 1.10 bits per heavy atom. The molecule has 2 saturated heterocycles. The van der Waals surface area contributed by atoms with Crippen molar-refractivity contribution < 1.29 is 19.1 Å². The van der Waals surface area contributed by atoms with Gasteiger partial charge in [-0.1, -0.05) is 12.2 Å². The van der Waals surface area contributed by atoms with Crippen LogP contribution in [0.25, 0.3) is 0 Å². The number of imide groups is 1. The van der Waals surface area contributed by atoms with Gasteiger partial charge in [0, 0.05) is 18.0 Å². The lowest BCUT2D eigenvalue weighted by molar-refractivity contribution is -0.145. The van der Waals surface area contributed by atoms with E-state index in [1.807, 2.05) is 0 Å². The minimum absolute atomic E-state index is 0.333. The van der Waals surface area contributed by atoms with Crippen LogP contribution >= 0.6 is 0 Å². The van der Waals surface area contributed by atoms with Crippen molar-refractivity contribution in [3.63, 3.8) is 0 Å². The molecule has 2 bridgehead atoms. The summed E-state index contributed by atoms with van der Waals surface area (Å²) in [5.41, 5.74) is 2.71. The van der Waals surface area contributed by atoms with E-state index in [0.717, 1.165) is 5.01 Å². The number of nitrogens with zero attached hydrogens (tertiary/aromatic N) is 2. The van der Waals surface area contributed by atoms with Crippen LogP contribution in [0.3, 0.4) is 0 Å². The van der Waals surface area contributed by atoms with E-state index >= 15 is 0 Å². The lowest BCUT2D eigenvalue weighted by atomic mass is 9.85. The summed E-state index contributed by atoms with van der Waals surface area (Å²) in [6.45, 7) is 0. The van der Waals surface area contributed by atoms with Gasteiger partial charge in [-0.2, -0.15) is 5.01 Å². The van der Waals surface area contributed by atoms with Crippen molar-refractivity contribution >= 4 is 17.7 Å². The fraction of sp³-hybridized carbons (Fsp3) is 0.286. The first-order valence-corrected chi connectivity index (χ1v) is 6.59. The third-order valence-corrected chi connectivity index (χ3v) is 4.07. The number of fused-ring (bicyclic) bond motifs is 5. The molecule has 0 aliphatic carbocycles. The Morgan fingerprint density at radius 3 is 2.24 bits per heavy atom. The van der Waals surface area contributed by atoms with Crippen LogP contribution in [0.5, 0.6) is 0 Å². The topological polar surface area (TPSA) is 88.6 Å². The number of ether oxygens (including phenoxy) is 1. The SMILES string of the molecule is O=C(NN1C(=O)[C@@H]2[C@H](C1=O)[C@H]1C=C[C@@H]2O1)c1ccncc1. The summed E-state index contributed by atoms with van der Waals surface area (Å²) in [6, 6.07) is 3.02. The molecule has 0 saturated carbocycles. The molecule has 3 aliphatic heterocycles. The molecule has 4 rings (SSSR count). The number of amides is 3. The fourth-order valence-corrected chi connectivity index (χ4v) is 3.08. The average Bonchev–Trinajstić information content (AvgIpc) is 3.18. The van der Waals surface area contributed by atoms with Gasteiger partial charge < -0.3 is 4.74 Å². The molecule has 0 aromatic carbocycles. The minimum Gasteiger partial charge on any atom is -0.365 e. The third kappa shape index (κ3) is 1.64. The van der Waals surface area contributed by atoms with Gasteiger partial charge in [-0.15, -0.1) is 0 Å². The Hall–Kier alpha value is -2.54. The molecular formula is C14H11N3O4. The van der Waals surface area contributed by atoms with Gasteiger partial charge in [0.2, 0.25) is 0 Å². The molecule has 4 atom stereocenters. The van der Waals surface area contributed by atoms with Gasteiger partial charge in [-0.3, -0.25) is 24.8 Å². The summed E-state index contributed by atoms with van der Waals surface area (Å²) >= 11 is 0. The number of hydrogen-bond donors (Lipinski definition) is 1. The van der Waals surface area contributed by atoms with Gasteiger partial charge in [-0.05, 0) is 12.1 Å². The standard InChI is InChI=1S/C14H11N3O4/c18-12(7-3-5-15-6-4-7)16-17-13(19)10-8-1-2-9(21-8)11(10)14(17)20/h1-6,8-11H,(H,16,18)/t8-,9+,10-,11+. The molecule has 0 spiro atoms. The Kier molecular flexibility index (Phi) is 2.46. The average molecular weight is 285 g/mol. The molecule has 0 unspecified atom stereocenters. The molecule has 4 heterocycles. The van der Waals surface area contributed by atoms with E-state index in [-0.39, 0.29) is 12.2 Å². The second-order valence-corrected chi connectivity index (χ2v) is 5.19. The lowest BCUT2D eigenvalue weighted by Gasteiger charge is -2.18. The van der Waals surface area contributed by atoms with Gasteiger partial charge >= 0.3 is 0 Å². The Morgan fingerprint density at radius 2 is 1.67 bits per heavy atom. The summed E-state index contributed by atoms with van der Waals surface area (Å²) in [5.74, 6) is -2.38. The van der Waals surface area contributed by atoms with Crippen molar-refractivity contribution in [2.45, 2.75) is 12.2 Å². The smallest absolute Gasteiger partial charge is 0.270 e. The molecule has 7 nitrogen and oxygen atoms in total. The number of aromatic nitrogens is 1.